The van der Waals surface area contributed by atoms with Crippen LogP contribution in [0.25, 0.3) is 0 Å². The topological polar surface area (TPSA) is 66.8 Å². The SMILES string of the molecule is O=C(O)[C@@H]1Cc2ccccc2CN1C(=O)COCc1ccccc1. The minimum Gasteiger partial charge on any atom is -0.480 e. The van der Waals surface area contributed by atoms with E-state index in [2.05, 4.69) is 0 Å². The smallest absolute Gasteiger partial charge is 0.326 e. The van der Waals surface area contributed by atoms with Crippen molar-refractivity contribution in [2.75, 3.05) is 6.61 Å². The highest BCUT2D eigenvalue weighted by Crippen LogP contribution is 2.23. The Balaban J connectivity index is 1.65. The van der Waals surface area contributed by atoms with Gasteiger partial charge >= 0.3 is 5.97 Å². The van der Waals surface area contributed by atoms with E-state index in [1.165, 1.54) is 4.90 Å². The molecule has 2 aromatic carbocycles. The number of carbonyl (C=O) groups excluding carboxylic acids is 1. The van der Waals surface area contributed by atoms with Crippen LogP contribution in [0.3, 0.4) is 0 Å². The number of amides is 1. The van der Waals surface area contributed by atoms with Crippen molar-refractivity contribution in [2.45, 2.75) is 25.6 Å². The second-order valence-electron chi connectivity index (χ2n) is 5.83. The number of carbonyl (C=O) groups is 2. The van der Waals surface area contributed by atoms with Gasteiger partial charge in [0.25, 0.3) is 0 Å². The zero-order valence-corrected chi connectivity index (χ0v) is 13.2. The highest BCUT2D eigenvalue weighted by Gasteiger charge is 2.34. The van der Waals surface area contributed by atoms with Gasteiger partial charge in [-0.05, 0) is 16.7 Å². The van der Waals surface area contributed by atoms with Crippen molar-refractivity contribution in [2.24, 2.45) is 0 Å². The average molecular weight is 325 g/mol. The maximum Gasteiger partial charge on any atom is 0.326 e. The third-order valence-corrected chi connectivity index (χ3v) is 4.19. The Kier molecular flexibility index (Phi) is 4.91. The number of aliphatic carboxylic acids is 1. The van der Waals surface area contributed by atoms with Gasteiger partial charge in [-0.1, -0.05) is 54.6 Å². The molecule has 3 rings (SSSR count). The molecule has 0 unspecified atom stereocenters. The van der Waals surface area contributed by atoms with E-state index >= 15 is 0 Å². The van der Waals surface area contributed by atoms with E-state index < -0.39 is 12.0 Å². The summed E-state index contributed by atoms with van der Waals surface area (Å²) in [6, 6.07) is 16.4. The van der Waals surface area contributed by atoms with Crippen LogP contribution in [0.5, 0.6) is 0 Å². The second kappa shape index (κ2) is 7.27. The first-order valence-electron chi connectivity index (χ1n) is 7.86. The van der Waals surface area contributed by atoms with Gasteiger partial charge in [0.05, 0.1) is 6.61 Å². The molecule has 0 aromatic heterocycles. The molecule has 1 atom stereocenters. The predicted molar refractivity (Wildman–Crippen MR) is 88.2 cm³/mol. The normalized spacial score (nSPS) is 16.5. The fourth-order valence-electron chi connectivity index (χ4n) is 2.92. The van der Waals surface area contributed by atoms with Gasteiger partial charge in [0.15, 0.2) is 0 Å². The number of rotatable bonds is 5. The third-order valence-electron chi connectivity index (χ3n) is 4.19. The van der Waals surface area contributed by atoms with Crippen LogP contribution in [0.4, 0.5) is 0 Å². The fraction of sp³-hybridized carbons (Fsp3) is 0.263. The van der Waals surface area contributed by atoms with Crippen molar-refractivity contribution in [1.29, 1.82) is 0 Å². The van der Waals surface area contributed by atoms with E-state index in [0.717, 1.165) is 16.7 Å². The van der Waals surface area contributed by atoms with Gasteiger partial charge in [-0.3, -0.25) is 4.79 Å². The highest BCUT2D eigenvalue weighted by molar-refractivity contribution is 5.85. The van der Waals surface area contributed by atoms with E-state index in [4.69, 9.17) is 4.74 Å². The maximum atomic E-state index is 12.5. The molecule has 0 bridgehead atoms. The fourth-order valence-corrected chi connectivity index (χ4v) is 2.92. The lowest BCUT2D eigenvalue weighted by molar-refractivity contribution is -0.153. The summed E-state index contributed by atoms with van der Waals surface area (Å²) >= 11 is 0. The molecule has 0 spiro atoms. The third kappa shape index (κ3) is 3.63. The van der Waals surface area contributed by atoms with Crippen molar-refractivity contribution in [3.63, 3.8) is 0 Å². The Labute approximate surface area is 140 Å². The Morgan fingerprint density at radius 2 is 1.71 bits per heavy atom. The predicted octanol–water partition coefficient (Wildman–Crippen LogP) is 2.24. The first-order chi connectivity index (χ1) is 11.6. The van der Waals surface area contributed by atoms with Crippen molar-refractivity contribution in [3.05, 3.63) is 71.3 Å². The molecule has 0 radical (unpaired) electrons. The Morgan fingerprint density at radius 1 is 1.04 bits per heavy atom. The van der Waals surface area contributed by atoms with E-state index in [9.17, 15) is 14.7 Å². The van der Waals surface area contributed by atoms with Gasteiger partial charge in [-0.2, -0.15) is 0 Å². The van der Waals surface area contributed by atoms with Gasteiger partial charge in [0.2, 0.25) is 5.91 Å². The van der Waals surface area contributed by atoms with Crippen LogP contribution < -0.4 is 0 Å². The first-order valence-corrected chi connectivity index (χ1v) is 7.86. The van der Waals surface area contributed by atoms with Gasteiger partial charge in [0.1, 0.15) is 12.6 Å². The van der Waals surface area contributed by atoms with Crippen LogP contribution in [-0.4, -0.2) is 34.5 Å². The maximum absolute atomic E-state index is 12.5. The summed E-state index contributed by atoms with van der Waals surface area (Å²) in [5.74, 6) is -1.28. The second-order valence-corrected chi connectivity index (χ2v) is 5.83. The monoisotopic (exact) mass is 325 g/mol. The Bertz CT molecular complexity index is 729. The molecule has 124 valence electrons. The summed E-state index contributed by atoms with van der Waals surface area (Å²) in [5.41, 5.74) is 2.95. The number of carboxylic acid groups (broad SMARTS) is 1. The van der Waals surface area contributed by atoms with Gasteiger partial charge < -0.3 is 14.7 Å². The molecule has 24 heavy (non-hydrogen) atoms. The molecule has 2 aromatic rings. The van der Waals surface area contributed by atoms with Crippen LogP contribution in [0.15, 0.2) is 54.6 Å². The van der Waals surface area contributed by atoms with E-state index in [0.29, 0.717) is 19.6 Å². The molecule has 5 nitrogen and oxygen atoms in total. The Morgan fingerprint density at radius 3 is 2.42 bits per heavy atom. The number of nitrogens with zero attached hydrogens (tertiary/aromatic N) is 1. The lowest BCUT2D eigenvalue weighted by Gasteiger charge is -2.34. The average Bonchev–Trinajstić information content (AvgIpc) is 2.61. The van der Waals surface area contributed by atoms with Crippen LogP contribution >= 0.6 is 0 Å². The molecular weight excluding hydrogens is 306 g/mol. The number of carboxylic acids is 1. The van der Waals surface area contributed by atoms with Gasteiger partial charge in [-0.15, -0.1) is 0 Å². The zero-order chi connectivity index (χ0) is 16.9. The molecule has 1 N–H and O–H groups in total. The molecule has 0 aliphatic carbocycles. The van der Waals surface area contributed by atoms with Crippen molar-refractivity contribution < 1.29 is 19.4 Å². The first kappa shape index (κ1) is 16.2. The van der Waals surface area contributed by atoms with Crippen LogP contribution in [0.1, 0.15) is 16.7 Å². The van der Waals surface area contributed by atoms with E-state index in [1.807, 2.05) is 54.6 Å². The summed E-state index contributed by atoms with van der Waals surface area (Å²) in [6.45, 7) is 0.510. The molecule has 5 heteroatoms. The molecular formula is C19H19NO4. The van der Waals surface area contributed by atoms with Crippen molar-refractivity contribution >= 4 is 11.9 Å². The molecule has 1 heterocycles. The van der Waals surface area contributed by atoms with E-state index in [1.54, 1.807) is 0 Å². The minimum atomic E-state index is -0.985. The molecule has 0 fully saturated rings. The minimum absolute atomic E-state index is 0.124. The molecule has 0 saturated carbocycles. The summed E-state index contributed by atoms with van der Waals surface area (Å²) < 4.78 is 5.47. The van der Waals surface area contributed by atoms with E-state index in [-0.39, 0.29) is 12.5 Å². The summed E-state index contributed by atoms with van der Waals surface area (Å²) in [7, 11) is 0. The summed E-state index contributed by atoms with van der Waals surface area (Å²) in [5, 5.41) is 9.45. The van der Waals surface area contributed by atoms with Gasteiger partial charge in [-0.25, -0.2) is 4.79 Å². The van der Waals surface area contributed by atoms with Crippen LogP contribution in [0.2, 0.25) is 0 Å². The van der Waals surface area contributed by atoms with Crippen LogP contribution in [0, 0.1) is 0 Å². The number of ether oxygens (including phenoxy) is 1. The van der Waals surface area contributed by atoms with Crippen LogP contribution in [-0.2, 0) is 33.9 Å². The number of benzene rings is 2. The standard InChI is InChI=1S/C19H19NO4/c21-18(13-24-12-14-6-2-1-3-7-14)20-11-16-9-5-4-8-15(16)10-17(20)19(22)23/h1-9,17H,10-13H2,(H,22,23)/t17-/m0/s1. The van der Waals surface area contributed by atoms with Gasteiger partial charge in [0, 0.05) is 13.0 Å². The molecule has 0 saturated heterocycles. The molecule has 1 amide bonds. The lowest BCUT2D eigenvalue weighted by Crippen LogP contribution is -2.49. The van der Waals surface area contributed by atoms with Crippen molar-refractivity contribution in [1.82, 2.24) is 4.90 Å². The quantitative estimate of drug-likeness (QED) is 0.915. The lowest BCUT2D eigenvalue weighted by atomic mass is 9.94. The highest BCUT2D eigenvalue weighted by atomic mass is 16.5. The summed E-state index contributed by atoms with van der Waals surface area (Å²) in [4.78, 5) is 25.4. The Hall–Kier alpha value is -2.66. The largest absolute Gasteiger partial charge is 0.480 e. The molecule has 1 aliphatic rings. The zero-order valence-electron chi connectivity index (χ0n) is 13.2. The number of hydrogen-bond acceptors (Lipinski definition) is 3. The van der Waals surface area contributed by atoms with Crippen molar-refractivity contribution in [3.8, 4) is 0 Å². The summed E-state index contributed by atoms with van der Waals surface area (Å²) in [6.07, 6.45) is 0.329. The number of hydrogen-bond donors (Lipinski definition) is 1. The number of fused-ring (bicyclic) bond motifs is 1. The molecule has 1 aliphatic heterocycles.